The van der Waals surface area contributed by atoms with Gasteiger partial charge in [0.2, 0.25) is 0 Å². The molecule has 0 saturated heterocycles. The number of hydrogen-bond donors (Lipinski definition) is 1. The third-order valence-electron chi connectivity index (χ3n) is 3.22. The highest BCUT2D eigenvalue weighted by molar-refractivity contribution is 5.96. The van der Waals surface area contributed by atoms with E-state index in [1.807, 2.05) is 0 Å². The number of ether oxygens (including phenoxy) is 1. The average Bonchev–Trinajstić information content (AvgIpc) is 2.56. The Labute approximate surface area is 130 Å². The number of aromatic nitrogens is 2. The van der Waals surface area contributed by atoms with Crippen LogP contribution in [0.5, 0.6) is 0 Å². The molecule has 0 aliphatic rings. The van der Waals surface area contributed by atoms with Crippen LogP contribution in [0.1, 0.15) is 23.0 Å². The SMILES string of the molecule is COC(=O)[C@](C)(NC(=O)c1cnccn1)c1cc(F)ccc1F. The average molecular weight is 321 g/mol. The molecule has 120 valence electrons. The molecule has 0 bridgehead atoms. The highest BCUT2D eigenvalue weighted by Crippen LogP contribution is 2.26. The van der Waals surface area contributed by atoms with E-state index in [0.29, 0.717) is 0 Å². The Morgan fingerprint density at radius 1 is 1.26 bits per heavy atom. The van der Waals surface area contributed by atoms with Gasteiger partial charge >= 0.3 is 5.97 Å². The van der Waals surface area contributed by atoms with E-state index in [9.17, 15) is 18.4 Å². The molecule has 8 heteroatoms. The summed E-state index contributed by atoms with van der Waals surface area (Å²) in [5.41, 5.74) is -2.38. The van der Waals surface area contributed by atoms with Crippen LogP contribution in [0.4, 0.5) is 8.78 Å². The number of halogens is 2. The maximum absolute atomic E-state index is 14.1. The van der Waals surface area contributed by atoms with Crippen molar-refractivity contribution in [2.24, 2.45) is 0 Å². The summed E-state index contributed by atoms with van der Waals surface area (Å²) in [6, 6.07) is 2.59. The number of carbonyl (C=O) groups is 2. The number of carbonyl (C=O) groups excluding carboxylic acids is 2. The minimum atomic E-state index is -1.93. The van der Waals surface area contributed by atoms with Gasteiger partial charge in [0, 0.05) is 18.0 Å². The van der Waals surface area contributed by atoms with Gasteiger partial charge in [0.1, 0.15) is 17.3 Å². The van der Waals surface area contributed by atoms with Crippen LogP contribution in [0.3, 0.4) is 0 Å². The van der Waals surface area contributed by atoms with Gasteiger partial charge in [0.05, 0.1) is 13.3 Å². The van der Waals surface area contributed by atoms with Gasteiger partial charge < -0.3 is 10.1 Å². The zero-order chi connectivity index (χ0) is 17.0. The first-order valence-corrected chi connectivity index (χ1v) is 6.51. The molecule has 0 fully saturated rings. The van der Waals surface area contributed by atoms with Crippen molar-refractivity contribution in [1.29, 1.82) is 0 Å². The first kappa shape index (κ1) is 16.5. The summed E-state index contributed by atoms with van der Waals surface area (Å²) >= 11 is 0. The van der Waals surface area contributed by atoms with E-state index < -0.39 is 29.0 Å². The van der Waals surface area contributed by atoms with Crippen LogP contribution in [0, 0.1) is 11.6 Å². The lowest BCUT2D eigenvalue weighted by atomic mass is 9.91. The highest BCUT2D eigenvalue weighted by atomic mass is 19.1. The molecule has 1 amide bonds. The maximum atomic E-state index is 14.1. The fourth-order valence-corrected chi connectivity index (χ4v) is 2.02. The highest BCUT2D eigenvalue weighted by Gasteiger charge is 2.41. The Hall–Kier alpha value is -2.90. The molecule has 0 spiro atoms. The van der Waals surface area contributed by atoms with Gasteiger partial charge in [-0.15, -0.1) is 0 Å². The molecule has 1 atom stereocenters. The van der Waals surface area contributed by atoms with Crippen molar-refractivity contribution in [3.8, 4) is 0 Å². The van der Waals surface area contributed by atoms with Crippen LogP contribution in [0.15, 0.2) is 36.8 Å². The zero-order valence-corrected chi connectivity index (χ0v) is 12.3. The number of methoxy groups -OCH3 is 1. The summed E-state index contributed by atoms with van der Waals surface area (Å²) in [6.07, 6.45) is 3.82. The monoisotopic (exact) mass is 321 g/mol. The second kappa shape index (κ2) is 6.47. The largest absolute Gasteiger partial charge is 0.467 e. The number of nitrogens with zero attached hydrogens (tertiary/aromatic N) is 2. The molecular weight excluding hydrogens is 308 g/mol. The Bertz CT molecular complexity index is 740. The number of hydrogen-bond acceptors (Lipinski definition) is 5. The van der Waals surface area contributed by atoms with Gasteiger partial charge in [0.15, 0.2) is 5.54 Å². The van der Waals surface area contributed by atoms with Gasteiger partial charge in [-0.3, -0.25) is 9.78 Å². The summed E-state index contributed by atoms with van der Waals surface area (Å²) < 4.78 is 32.1. The van der Waals surface area contributed by atoms with Gasteiger partial charge in [-0.1, -0.05) is 0 Å². The Balaban J connectivity index is 2.46. The molecule has 2 aromatic rings. The predicted molar refractivity (Wildman–Crippen MR) is 75.2 cm³/mol. The third kappa shape index (κ3) is 3.31. The molecule has 0 aliphatic heterocycles. The molecule has 6 nitrogen and oxygen atoms in total. The van der Waals surface area contributed by atoms with E-state index in [1.165, 1.54) is 25.5 Å². The molecule has 0 unspecified atom stereocenters. The fraction of sp³-hybridized carbons (Fsp3) is 0.200. The van der Waals surface area contributed by atoms with Crippen molar-refractivity contribution < 1.29 is 23.1 Å². The first-order valence-electron chi connectivity index (χ1n) is 6.51. The molecule has 2 rings (SSSR count). The second-order valence-corrected chi connectivity index (χ2v) is 4.79. The smallest absolute Gasteiger partial charge is 0.336 e. The van der Waals surface area contributed by atoms with E-state index in [0.717, 1.165) is 25.3 Å². The van der Waals surface area contributed by atoms with Crippen LogP contribution in [0.2, 0.25) is 0 Å². The quantitative estimate of drug-likeness (QED) is 0.865. The lowest BCUT2D eigenvalue weighted by molar-refractivity contribution is -0.148. The van der Waals surface area contributed by atoms with E-state index in [4.69, 9.17) is 0 Å². The van der Waals surface area contributed by atoms with E-state index in [2.05, 4.69) is 20.0 Å². The minimum Gasteiger partial charge on any atom is -0.467 e. The van der Waals surface area contributed by atoms with E-state index >= 15 is 0 Å². The summed E-state index contributed by atoms with van der Waals surface area (Å²) in [6.45, 7) is 1.21. The number of rotatable bonds is 4. The van der Waals surface area contributed by atoms with Crippen molar-refractivity contribution in [2.75, 3.05) is 7.11 Å². The molecule has 0 radical (unpaired) electrons. The molecule has 1 aromatic carbocycles. The van der Waals surface area contributed by atoms with E-state index in [1.54, 1.807) is 0 Å². The van der Waals surface area contributed by atoms with Crippen LogP contribution in [0.25, 0.3) is 0 Å². The van der Waals surface area contributed by atoms with Crippen LogP contribution in [-0.2, 0) is 15.1 Å². The summed E-state index contributed by atoms with van der Waals surface area (Å²) in [5.74, 6) is -3.36. The standard InChI is InChI=1S/C15H13F2N3O3/c1-15(14(22)23-2,10-7-9(16)3-4-11(10)17)20-13(21)12-8-18-5-6-19-12/h3-8H,1-2H3,(H,20,21)/t15-/m1/s1. The van der Waals surface area contributed by atoms with Gasteiger partial charge in [-0.05, 0) is 25.1 Å². The number of nitrogens with one attached hydrogen (secondary N) is 1. The topological polar surface area (TPSA) is 81.2 Å². The minimum absolute atomic E-state index is 0.0839. The molecule has 1 N–H and O–H groups in total. The van der Waals surface area contributed by atoms with Crippen LogP contribution < -0.4 is 5.32 Å². The number of amides is 1. The van der Waals surface area contributed by atoms with Crippen molar-refractivity contribution in [3.05, 3.63) is 59.7 Å². The van der Waals surface area contributed by atoms with Crippen molar-refractivity contribution in [3.63, 3.8) is 0 Å². The summed E-state index contributed by atoms with van der Waals surface area (Å²) in [7, 11) is 1.08. The molecular formula is C15H13F2N3O3. The van der Waals surface area contributed by atoms with Gasteiger partial charge in [-0.25, -0.2) is 18.6 Å². The molecule has 1 heterocycles. The first-order chi connectivity index (χ1) is 10.9. The molecule has 0 saturated carbocycles. The van der Waals surface area contributed by atoms with E-state index in [-0.39, 0.29) is 11.3 Å². The molecule has 23 heavy (non-hydrogen) atoms. The normalized spacial score (nSPS) is 13.0. The van der Waals surface area contributed by atoms with Crippen molar-refractivity contribution in [2.45, 2.75) is 12.5 Å². The molecule has 0 aliphatic carbocycles. The number of benzene rings is 1. The van der Waals surface area contributed by atoms with Crippen LogP contribution >= 0.6 is 0 Å². The second-order valence-electron chi connectivity index (χ2n) is 4.79. The van der Waals surface area contributed by atoms with Crippen molar-refractivity contribution in [1.82, 2.24) is 15.3 Å². The number of esters is 1. The van der Waals surface area contributed by atoms with Crippen LogP contribution in [-0.4, -0.2) is 29.0 Å². The van der Waals surface area contributed by atoms with Gasteiger partial charge in [0.25, 0.3) is 5.91 Å². The van der Waals surface area contributed by atoms with Crippen molar-refractivity contribution >= 4 is 11.9 Å². The molecule has 1 aromatic heterocycles. The lowest BCUT2D eigenvalue weighted by Gasteiger charge is -2.28. The Morgan fingerprint density at radius 2 is 2.00 bits per heavy atom. The lowest BCUT2D eigenvalue weighted by Crippen LogP contribution is -2.51. The predicted octanol–water partition coefficient (Wildman–Crippen LogP) is 1.57. The Kier molecular flexibility index (Phi) is 4.63. The fourth-order valence-electron chi connectivity index (χ4n) is 2.02. The third-order valence-corrected chi connectivity index (χ3v) is 3.22. The zero-order valence-electron chi connectivity index (χ0n) is 12.3. The van der Waals surface area contributed by atoms with Gasteiger partial charge in [-0.2, -0.15) is 0 Å². The summed E-state index contributed by atoms with van der Waals surface area (Å²) in [4.78, 5) is 31.8. The maximum Gasteiger partial charge on any atom is 0.336 e. The Morgan fingerprint density at radius 3 is 2.61 bits per heavy atom. The summed E-state index contributed by atoms with van der Waals surface area (Å²) in [5, 5.41) is 2.32.